The molecule has 0 aliphatic heterocycles. The molecule has 0 unspecified atom stereocenters. The van der Waals surface area contributed by atoms with E-state index in [1.165, 1.54) is 12.1 Å². The summed E-state index contributed by atoms with van der Waals surface area (Å²) in [6.07, 6.45) is 0. The molecule has 8 nitrogen and oxygen atoms in total. The minimum Gasteiger partial charge on any atom is -0.507 e. The highest BCUT2D eigenvalue weighted by atomic mass is 16.3. The molecule has 0 bridgehead atoms. The van der Waals surface area contributed by atoms with Crippen LogP contribution < -0.4 is 5.32 Å². The maximum absolute atomic E-state index is 13.5. The number of carbonyl (C=O) groups excluding carboxylic acids is 1. The van der Waals surface area contributed by atoms with Crippen LogP contribution in [0.1, 0.15) is 15.9 Å². The number of anilines is 1. The second kappa shape index (κ2) is 7.62. The zero-order chi connectivity index (χ0) is 21.6. The summed E-state index contributed by atoms with van der Waals surface area (Å²) in [6, 6.07) is 6.60. The average Bonchev–Trinajstić information content (AvgIpc) is 3.05. The molecule has 30 heavy (non-hydrogen) atoms. The molecule has 0 radical (unpaired) electrons. The molecule has 0 saturated heterocycles. The number of likely N-dealkylation sites (N-methyl/N-ethyl adjacent to an activating group) is 2. The first-order valence-corrected chi connectivity index (χ1v) is 9.96. The van der Waals surface area contributed by atoms with Gasteiger partial charge in [-0.3, -0.25) is 9.48 Å². The third-order valence-corrected chi connectivity index (χ3v) is 5.40. The largest absolute Gasteiger partial charge is 0.507 e. The molecule has 1 heterocycles. The second-order valence-electron chi connectivity index (χ2n) is 8.17. The average molecular weight is 409 g/mol. The normalized spacial score (nSPS) is 12.8. The van der Waals surface area contributed by atoms with Crippen molar-refractivity contribution in [2.45, 2.75) is 6.54 Å². The van der Waals surface area contributed by atoms with E-state index in [-0.39, 0.29) is 22.8 Å². The van der Waals surface area contributed by atoms with Gasteiger partial charge in [0.05, 0.1) is 28.8 Å². The summed E-state index contributed by atoms with van der Waals surface area (Å²) in [5.74, 6) is -0.527. The van der Waals surface area contributed by atoms with E-state index in [2.05, 4.69) is 15.1 Å². The van der Waals surface area contributed by atoms with Gasteiger partial charge < -0.3 is 25.3 Å². The number of nitrogens with one attached hydrogen (secondary N) is 1. The molecular formula is C22H27N5O3. The van der Waals surface area contributed by atoms with Crippen LogP contribution in [-0.2, 0) is 6.54 Å². The van der Waals surface area contributed by atoms with Crippen LogP contribution in [0.3, 0.4) is 0 Å². The SMILES string of the molecule is CN(C)CCNc1ccc2c3c(nn2CCN(C)C)-c2c(O)ccc(O)c2C(=O)c13. The molecule has 0 fully saturated rings. The van der Waals surface area contributed by atoms with Crippen molar-refractivity contribution in [3.05, 3.63) is 35.4 Å². The summed E-state index contributed by atoms with van der Waals surface area (Å²) in [7, 11) is 7.96. The van der Waals surface area contributed by atoms with Gasteiger partial charge in [0.25, 0.3) is 0 Å². The third-order valence-electron chi connectivity index (χ3n) is 5.40. The number of nitrogens with zero attached hydrogens (tertiary/aromatic N) is 4. The van der Waals surface area contributed by atoms with Crippen molar-refractivity contribution in [3.8, 4) is 22.8 Å². The second-order valence-corrected chi connectivity index (χ2v) is 8.17. The highest BCUT2D eigenvalue weighted by molar-refractivity contribution is 6.29. The van der Waals surface area contributed by atoms with Gasteiger partial charge in [0.1, 0.15) is 17.2 Å². The molecule has 0 spiro atoms. The summed E-state index contributed by atoms with van der Waals surface area (Å²) in [4.78, 5) is 17.6. The predicted octanol–water partition coefficient (Wildman–Crippen LogP) is 2.19. The van der Waals surface area contributed by atoms with E-state index in [0.29, 0.717) is 41.0 Å². The topological polar surface area (TPSA) is 93.9 Å². The van der Waals surface area contributed by atoms with E-state index in [4.69, 9.17) is 5.10 Å². The van der Waals surface area contributed by atoms with Crippen molar-refractivity contribution in [2.75, 3.05) is 53.1 Å². The summed E-state index contributed by atoms with van der Waals surface area (Å²) in [5.41, 5.74) is 2.96. The lowest BCUT2D eigenvalue weighted by atomic mass is 9.85. The number of hydrogen-bond donors (Lipinski definition) is 3. The highest BCUT2D eigenvalue weighted by Gasteiger charge is 2.35. The highest BCUT2D eigenvalue weighted by Crippen LogP contribution is 2.47. The Kier molecular flexibility index (Phi) is 5.13. The van der Waals surface area contributed by atoms with Gasteiger partial charge in [-0.2, -0.15) is 5.10 Å². The molecule has 1 aliphatic carbocycles. The first-order chi connectivity index (χ1) is 14.3. The molecule has 0 saturated carbocycles. The van der Waals surface area contributed by atoms with E-state index in [1.807, 2.05) is 45.0 Å². The summed E-state index contributed by atoms with van der Waals surface area (Å²) in [5, 5.41) is 29.8. The zero-order valence-electron chi connectivity index (χ0n) is 17.7. The van der Waals surface area contributed by atoms with Crippen LogP contribution in [0.15, 0.2) is 24.3 Å². The van der Waals surface area contributed by atoms with Crippen LogP contribution in [0.5, 0.6) is 11.5 Å². The number of phenolic OH excluding ortho intramolecular Hbond substituents is 2. The van der Waals surface area contributed by atoms with Gasteiger partial charge in [-0.25, -0.2) is 0 Å². The molecule has 1 aromatic heterocycles. The Morgan fingerprint density at radius 1 is 0.933 bits per heavy atom. The van der Waals surface area contributed by atoms with Crippen molar-refractivity contribution in [1.82, 2.24) is 19.6 Å². The van der Waals surface area contributed by atoms with Crippen LogP contribution in [0.25, 0.3) is 22.2 Å². The maximum atomic E-state index is 13.5. The number of phenols is 2. The monoisotopic (exact) mass is 409 g/mol. The Morgan fingerprint density at radius 2 is 1.60 bits per heavy atom. The summed E-state index contributed by atoms with van der Waals surface area (Å²) >= 11 is 0. The summed E-state index contributed by atoms with van der Waals surface area (Å²) in [6.45, 7) is 2.89. The van der Waals surface area contributed by atoms with Crippen LogP contribution in [0.4, 0.5) is 5.69 Å². The fourth-order valence-corrected chi connectivity index (χ4v) is 3.88. The van der Waals surface area contributed by atoms with Crippen molar-refractivity contribution in [3.63, 3.8) is 0 Å². The number of aromatic nitrogens is 2. The molecule has 2 aromatic carbocycles. The molecule has 0 amide bonds. The number of ketones is 1. The predicted molar refractivity (Wildman–Crippen MR) is 118 cm³/mol. The Labute approximate surface area is 175 Å². The van der Waals surface area contributed by atoms with Gasteiger partial charge in [-0.05, 0) is 52.5 Å². The zero-order valence-corrected chi connectivity index (χ0v) is 17.7. The standard InChI is InChI=1S/C22H27N5O3/c1-25(2)10-9-23-13-5-6-14-18-17(13)22(30)20-16(29)8-7-15(28)19(20)21(18)24-27(14)12-11-26(3)4/h5-8,23,28-29H,9-12H2,1-4H3. The quantitative estimate of drug-likeness (QED) is 0.403. The van der Waals surface area contributed by atoms with E-state index in [0.717, 1.165) is 18.6 Å². The van der Waals surface area contributed by atoms with Gasteiger partial charge in [-0.1, -0.05) is 0 Å². The summed E-state index contributed by atoms with van der Waals surface area (Å²) < 4.78 is 1.86. The fourth-order valence-electron chi connectivity index (χ4n) is 3.88. The Bertz CT molecular complexity index is 1130. The number of fused-ring (bicyclic) bond motifs is 2. The van der Waals surface area contributed by atoms with Gasteiger partial charge in [0, 0.05) is 30.7 Å². The Balaban J connectivity index is 1.94. The smallest absolute Gasteiger partial charge is 0.200 e. The Morgan fingerprint density at radius 3 is 2.27 bits per heavy atom. The molecule has 4 rings (SSSR count). The van der Waals surface area contributed by atoms with Crippen LogP contribution in [0, 0.1) is 0 Å². The van der Waals surface area contributed by atoms with Crippen molar-refractivity contribution in [2.24, 2.45) is 0 Å². The van der Waals surface area contributed by atoms with Crippen molar-refractivity contribution < 1.29 is 15.0 Å². The molecule has 8 heteroatoms. The fraction of sp³-hybridized carbons (Fsp3) is 0.364. The molecule has 3 N–H and O–H groups in total. The van der Waals surface area contributed by atoms with Crippen molar-refractivity contribution >= 4 is 22.4 Å². The van der Waals surface area contributed by atoms with Gasteiger partial charge >= 0.3 is 0 Å². The minimum absolute atomic E-state index is 0.0630. The van der Waals surface area contributed by atoms with Gasteiger partial charge in [0.2, 0.25) is 0 Å². The lowest BCUT2D eigenvalue weighted by Gasteiger charge is -2.20. The number of carbonyl (C=O) groups is 1. The number of rotatable bonds is 7. The van der Waals surface area contributed by atoms with Crippen molar-refractivity contribution in [1.29, 1.82) is 0 Å². The van der Waals surface area contributed by atoms with E-state index in [9.17, 15) is 15.0 Å². The van der Waals surface area contributed by atoms with Gasteiger partial charge in [-0.15, -0.1) is 0 Å². The number of hydrogen-bond acceptors (Lipinski definition) is 7. The number of aromatic hydroxyl groups is 2. The van der Waals surface area contributed by atoms with Gasteiger partial charge in [0.15, 0.2) is 5.78 Å². The third kappa shape index (κ3) is 3.28. The molecule has 158 valence electrons. The first-order valence-electron chi connectivity index (χ1n) is 9.96. The lowest BCUT2D eigenvalue weighted by Crippen LogP contribution is -2.22. The van der Waals surface area contributed by atoms with Crippen LogP contribution >= 0.6 is 0 Å². The van der Waals surface area contributed by atoms with Crippen LogP contribution in [-0.4, -0.2) is 83.4 Å². The Hall–Kier alpha value is -3.10. The maximum Gasteiger partial charge on any atom is 0.200 e. The van der Waals surface area contributed by atoms with Crippen LogP contribution in [0.2, 0.25) is 0 Å². The van der Waals surface area contributed by atoms with E-state index < -0.39 is 0 Å². The molecular weight excluding hydrogens is 382 g/mol. The lowest BCUT2D eigenvalue weighted by molar-refractivity contribution is 0.103. The van der Waals surface area contributed by atoms with E-state index in [1.54, 1.807) is 0 Å². The van der Waals surface area contributed by atoms with E-state index >= 15 is 0 Å². The first kappa shape index (κ1) is 20.2. The molecule has 0 atom stereocenters. The number of benzene rings is 2. The minimum atomic E-state index is -0.309. The molecule has 1 aliphatic rings. The molecule has 3 aromatic rings.